The Morgan fingerprint density at radius 2 is 1.20 bits per heavy atom. The van der Waals surface area contributed by atoms with Gasteiger partial charge in [-0.05, 0) is 22.6 Å². The van der Waals surface area contributed by atoms with E-state index in [-0.39, 0.29) is 6.42 Å². The SMILES string of the molecule is CCC(=O)O.O=C(O)C(OF)(OF)C(OF)(OF)OF. The molecule has 0 aromatic carbocycles. The fourth-order valence-corrected chi connectivity index (χ4v) is 0.491. The molecule has 0 aliphatic rings. The molecule has 0 heterocycles. The predicted molar refractivity (Wildman–Crippen MR) is 42.0 cm³/mol. The fraction of sp³-hybridized carbons (Fsp3) is 0.667. The molecule has 0 amide bonds. The van der Waals surface area contributed by atoms with E-state index in [4.69, 9.17) is 10.2 Å². The van der Waals surface area contributed by atoms with Gasteiger partial charge in [0, 0.05) is 6.42 Å². The van der Waals surface area contributed by atoms with Crippen molar-refractivity contribution in [2.75, 3.05) is 0 Å². The van der Waals surface area contributed by atoms with Gasteiger partial charge in [0.25, 0.3) is 0 Å². The summed E-state index contributed by atoms with van der Waals surface area (Å²) in [5.74, 6) is -13.0. The monoisotopic (exact) mass is 318 g/mol. The quantitative estimate of drug-likeness (QED) is 0.505. The Morgan fingerprint density at radius 1 is 0.900 bits per heavy atom. The second kappa shape index (κ2) is 9.32. The molecule has 0 atom stereocenters. The Kier molecular flexibility index (Phi) is 9.65. The van der Waals surface area contributed by atoms with Gasteiger partial charge in [0.2, 0.25) is 0 Å². The van der Waals surface area contributed by atoms with Crippen molar-refractivity contribution < 1.29 is 67.1 Å². The number of carboxylic acid groups (broad SMARTS) is 2. The van der Waals surface area contributed by atoms with Crippen LogP contribution in [0.1, 0.15) is 13.3 Å². The van der Waals surface area contributed by atoms with Crippen LogP contribution < -0.4 is 0 Å². The molecule has 0 rings (SSSR count). The van der Waals surface area contributed by atoms with Crippen LogP contribution in [0.25, 0.3) is 0 Å². The number of halogens is 5. The Balaban J connectivity index is 0. The maximum Gasteiger partial charge on any atom is 0.450 e. The van der Waals surface area contributed by atoms with Gasteiger partial charge in [0.1, 0.15) is 0 Å². The average Bonchev–Trinajstić information content (AvgIpc) is 2.45. The van der Waals surface area contributed by atoms with Crippen molar-refractivity contribution >= 4 is 11.9 Å². The minimum absolute atomic E-state index is 0.222. The third-order valence-electron chi connectivity index (χ3n) is 1.51. The van der Waals surface area contributed by atoms with Crippen LogP contribution >= 0.6 is 0 Å². The number of hydrogen-bond donors (Lipinski definition) is 2. The van der Waals surface area contributed by atoms with E-state index < -0.39 is 23.7 Å². The Morgan fingerprint density at radius 3 is 1.25 bits per heavy atom. The van der Waals surface area contributed by atoms with E-state index in [0.29, 0.717) is 0 Å². The summed E-state index contributed by atoms with van der Waals surface area (Å²) in [7, 11) is 0. The average molecular weight is 318 g/mol. The zero-order chi connectivity index (χ0) is 16.4. The summed E-state index contributed by atoms with van der Waals surface area (Å²) in [5, 5.41) is 15.8. The van der Waals surface area contributed by atoms with Gasteiger partial charge >= 0.3 is 23.7 Å². The smallest absolute Gasteiger partial charge is 0.450 e. The lowest BCUT2D eigenvalue weighted by Crippen LogP contribution is -2.62. The molecule has 0 unspecified atom stereocenters. The number of carbonyl (C=O) groups is 2. The third-order valence-corrected chi connectivity index (χ3v) is 1.51. The first-order valence-corrected chi connectivity index (χ1v) is 4.21. The van der Waals surface area contributed by atoms with E-state index in [9.17, 15) is 32.2 Å². The van der Waals surface area contributed by atoms with Gasteiger partial charge in [-0.2, -0.15) is 0 Å². The van der Waals surface area contributed by atoms with E-state index >= 15 is 0 Å². The van der Waals surface area contributed by atoms with E-state index in [2.05, 4.69) is 24.7 Å². The van der Waals surface area contributed by atoms with Crippen molar-refractivity contribution in [1.82, 2.24) is 0 Å². The summed E-state index contributed by atoms with van der Waals surface area (Å²) in [4.78, 5) is 30.3. The van der Waals surface area contributed by atoms with Crippen LogP contribution in [-0.2, 0) is 34.3 Å². The van der Waals surface area contributed by atoms with Gasteiger partial charge in [0.15, 0.2) is 0 Å². The van der Waals surface area contributed by atoms with Crippen LogP contribution in [0.3, 0.4) is 0 Å². The first kappa shape index (κ1) is 20.7. The number of carboxylic acids is 2. The highest BCUT2D eigenvalue weighted by Gasteiger charge is 2.72. The molecule has 0 aromatic rings. The van der Waals surface area contributed by atoms with Crippen molar-refractivity contribution in [1.29, 1.82) is 0 Å². The zero-order valence-corrected chi connectivity index (χ0v) is 9.35. The number of hydrogen-bond acceptors (Lipinski definition) is 7. The van der Waals surface area contributed by atoms with Crippen molar-refractivity contribution in [3.8, 4) is 0 Å². The Labute approximate surface area is 105 Å². The summed E-state index contributed by atoms with van der Waals surface area (Å²) in [6.07, 6.45) is 0.222. The highest BCUT2D eigenvalue weighted by molar-refractivity contribution is 5.76. The van der Waals surface area contributed by atoms with Gasteiger partial charge in [-0.25, -0.2) is 4.79 Å². The molecule has 0 fully saturated rings. The summed E-state index contributed by atoms with van der Waals surface area (Å²) in [5.41, 5.74) is 0. The van der Waals surface area contributed by atoms with E-state index in [0.717, 1.165) is 0 Å². The highest BCUT2D eigenvalue weighted by atomic mass is 19.3. The van der Waals surface area contributed by atoms with Gasteiger partial charge in [0.05, 0.1) is 0 Å². The molecule has 0 aliphatic heterocycles. The van der Waals surface area contributed by atoms with Gasteiger partial charge < -0.3 is 10.2 Å². The summed E-state index contributed by atoms with van der Waals surface area (Å²) in [6, 6.07) is 0. The molecule has 0 aromatic heterocycles. The largest absolute Gasteiger partial charge is 0.481 e. The molecule has 2 N–H and O–H groups in total. The van der Waals surface area contributed by atoms with Crippen LogP contribution in [0.5, 0.6) is 0 Å². The minimum atomic E-state index is -4.73. The highest BCUT2D eigenvalue weighted by Crippen LogP contribution is 2.36. The molecule has 120 valence electrons. The first-order valence-electron chi connectivity index (χ1n) is 4.21. The topological polar surface area (TPSA) is 121 Å². The molecular weight excluding hydrogens is 311 g/mol. The Bertz CT molecular complexity index is 297. The molecule has 0 aliphatic carbocycles. The lowest BCUT2D eigenvalue weighted by atomic mass is 10.2. The molecule has 9 nitrogen and oxygen atoms in total. The standard InChI is InChI=1S/C3HF5O7.C3H6O2/c4-11-2(12-5,1(9)10)3(13-6,14-7)15-8;1-2-3(4)5/h(H,9,10);2H2,1H3,(H,4,5). The lowest BCUT2D eigenvalue weighted by Gasteiger charge is -2.28. The minimum Gasteiger partial charge on any atom is -0.481 e. The van der Waals surface area contributed by atoms with Crippen molar-refractivity contribution in [3.05, 3.63) is 0 Å². The van der Waals surface area contributed by atoms with Crippen molar-refractivity contribution in [3.63, 3.8) is 0 Å². The summed E-state index contributed by atoms with van der Waals surface area (Å²) < 4.78 is 57.9. The number of rotatable bonds is 8. The van der Waals surface area contributed by atoms with E-state index in [1.54, 1.807) is 6.92 Å². The van der Waals surface area contributed by atoms with Crippen LogP contribution in [0.15, 0.2) is 0 Å². The van der Waals surface area contributed by atoms with Crippen molar-refractivity contribution in [2.45, 2.75) is 25.1 Å². The molecule has 0 saturated heterocycles. The van der Waals surface area contributed by atoms with Crippen LogP contribution in [0.2, 0.25) is 0 Å². The van der Waals surface area contributed by atoms with Gasteiger partial charge in [-0.3, -0.25) is 4.79 Å². The van der Waals surface area contributed by atoms with Gasteiger partial charge in [-0.1, -0.05) is 6.92 Å². The molecule has 0 radical (unpaired) electrons. The van der Waals surface area contributed by atoms with Gasteiger partial charge in [-0.15, -0.1) is 24.7 Å². The summed E-state index contributed by atoms with van der Waals surface area (Å²) in [6.45, 7) is 1.60. The summed E-state index contributed by atoms with van der Waals surface area (Å²) >= 11 is 0. The second-order valence-electron chi connectivity index (χ2n) is 2.61. The molecule has 20 heavy (non-hydrogen) atoms. The molecular formula is C6H7F5O9. The van der Waals surface area contributed by atoms with Crippen LogP contribution in [-0.4, -0.2) is 33.9 Å². The van der Waals surface area contributed by atoms with Crippen LogP contribution in [0.4, 0.5) is 22.6 Å². The van der Waals surface area contributed by atoms with Crippen LogP contribution in [0, 0.1) is 0 Å². The second-order valence-corrected chi connectivity index (χ2v) is 2.61. The maximum atomic E-state index is 11.6. The third kappa shape index (κ3) is 4.20. The zero-order valence-electron chi connectivity index (χ0n) is 9.35. The normalized spacial score (nSPS) is 11.5. The Hall–Kier alpha value is -1.61. The fourth-order valence-electron chi connectivity index (χ4n) is 0.491. The molecule has 14 heteroatoms. The number of aliphatic carboxylic acids is 2. The maximum absolute atomic E-state index is 11.6. The van der Waals surface area contributed by atoms with E-state index in [1.165, 1.54) is 0 Å². The molecule has 0 spiro atoms. The van der Waals surface area contributed by atoms with E-state index in [1.807, 2.05) is 0 Å². The lowest BCUT2D eigenvalue weighted by molar-refractivity contribution is -0.629. The first-order chi connectivity index (χ1) is 9.27. The predicted octanol–water partition coefficient (Wildman–Crippen LogP) is 1.41. The van der Waals surface area contributed by atoms with Crippen molar-refractivity contribution in [2.24, 2.45) is 0 Å². The molecule has 0 saturated carbocycles. The molecule has 0 bridgehead atoms.